The van der Waals surface area contributed by atoms with Gasteiger partial charge in [-0.05, 0) is 65.9 Å². The van der Waals surface area contributed by atoms with Crippen molar-refractivity contribution in [2.75, 3.05) is 13.2 Å². The minimum atomic E-state index is -0.455. The van der Waals surface area contributed by atoms with Crippen molar-refractivity contribution in [1.29, 1.82) is 0 Å². The van der Waals surface area contributed by atoms with Crippen LogP contribution in [0.1, 0.15) is 42.1 Å². The molecule has 180 valence electrons. The number of aromatic nitrogens is 2. The Bertz CT molecular complexity index is 1410. The van der Waals surface area contributed by atoms with Crippen LogP contribution in [0.4, 0.5) is 0 Å². The first kappa shape index (κ1) is 23.2. The largest absolute Gasteiger partial charge is 0.493 e. The first-order valence-corrected chi connectivity index (χ1v) is 12.0. The molecule has 5 rings (SSSR count). The van der Waals surface area contributed by atoms with Crippen LogP contribution >= 0.6 is 0 Å². The molecule has 1 aliphatic rings. The molecule has 0 fully saturated rings. The van der Waals surface area contributed by atoms with E-state index in [0.29, 0.717) is 18.9 Å². The SMILES string of the molecule is CCCCOOC(=O)Cc1c(C)cc2nc(CO)ccc2c1-c1ccc2c3c(ccnc13)CCO2. The molecule has 0 atom stereocenters. The van der Waals surface area contributed by atoms with Gasteiger partial charge in [0.1, 0.15) is 5.75 Å². The fraction of sp³-hybridized carbons (Fsp3) is 0.321. The highest BCUT2D eigenvalue weighted by Crippen LogP contribution is 2.42. The highest BCUT2D eigenvalue weighted by atomic mass is 17.2. The Balaban J connectivity index is 1.70. The van der Waals surface area contributed by atoms with Crippen molar-refractivity contribution in [3.8, 4) is 16.9 Å². The lowest BCUT2D eigenvalue weighted by atomic mass is 9.88. The number of carbonyl (C=O) groups excluding carboxylic acids is 1. The van der Waals surface area contributed by atoms with Gasteiger partial charge in [0.05, 0.1) is 43.0 Å². The minimum Gasteiger partial charge on any atom is -0.493 e. The van der Waals surface area contributed by atoms with Gasteiger partial charge < -0.3 is 9.84 Å². The van der Waals surface area contributed by atoms with E-state index in [0.717, 1.165) is 69.1 Å². The normalized spacial score (nSPS) is 12.7. The van der Waals surface area contributed by atoms with Gasteiger partial charge in [0.15, 0.2) is 0 Å². The molecule has 7 heteroatoms. The van der Waals surface area contributed by atoms with Crippen LogP contribution in [0.3, 0.4) is 0 Å². The number of ether oxygens (including phenoxy) is 1. The molecule has 2 aromatic heterocycles. The van der Waals surface area contributed by atoms with Crippen LogP contribution in [0.2, 0.25) is 0 Å². The molecule has 0 saturated carbocycles. The van der Waals surface area contributed by atoms with Crippen LogP contribution < -0.4 is 4.74 Å². The summed E-state index contributed by atoms with van der Waals surface area (Å²) in [7, 11) is 0. The van der Waals surface area contributed by atoms with Gasteiger partial charge in [0, 0.05) is 29.0 Å². The van der Waals surface area contributed by atoms with E-state index in [9.17, 15) is 9.90 Å². The first-order valence-electron chi connectivity index (χ1n) is 12.0. The predicted molar refractivity (Wildman–Crippen MR) is 133 cm³/mol. The van der Waals surface area contributed by atoms with Gasteiger partial charge in [-0.15, -0.1) is 0 Å². The number of aliphatic hydroxyl groups is 1. The summed E-state index contributed by atoms with van der Waals surface area (Å²) in [6.45, 7) is 4.87. The van der Waals surface area contributed by atoms with E-state index in [1.807, 2.05) is 50.4 Å². The van der Waals surface area contributed by atoms with E-state index in [4.69, 9.17) is 19.5 Å². The van der Waals surface area contributed by atoms with Crippen molar-refractivity contribution in [2.45, 2.75) is 46.1 Å². The summed E-state index contributed by atoms with van der Waals surface area (Å²) in [6.07, 6.45) is 4.47. The molecule has 4 aromatic rings. The molecule has 0 saturated heterocycles. The van der Waals surface area contributed by atoms with Crippen molar-refractivity contribution in [3.05, 3.63) is 65.0 Å². The van der Waals surface area contributed by atoms with E-state index >= 15 is 0 Å². The molecule has 1 aliphatic heterocycles. The number of unbranched alkanes of at least 4 members (excludes halogenated alkanes) is 1. The Kier molecular flexibility index (Phi) is 6.61. The third kappa shape index (κ3) is 4.45. The van der Waals surface area contributed by atoms with E-state index in [1.54, 1.807) is 6.07 Å². The second-order valence-corrected chi connectivity index (χ2v) is 8.79. The number of rotatable bonds is 8. The summed E-state index contributed by atoms with van der Waals surface area (Å²) >= 11 is 0. The van der Waals surface area contributed by atoms with Crippen molar-refractivity contribution in [2.24, 2.45) is 0 Å². The number of carbonyl (C=O) groups is 1. The highest BCUT2D eigenvalue weighted by molar-refractivity contribution is 6.07. The number of fused-ring (bicyclic) bond motifs is 1. The highest BCUT2D eigenvalue weighted by Gasteiger charge is 2.23. The number of pyridine rings is 2. The van der Waals surface area contributed by atoms with Crippen molar-refractivity contribution in [3.63, 3.8) is 0 Å². The Morgan fingerprint density at radius 1 is 1.20 bits per heavy atom. The molecule has 0 amide bonds. The van der Waals surface area contributed by atoms with E-state index in [2.05, 4.69) is 4.98 Å². The second-order valence-electron chi connectivity index (χ2n) is 8.79. The standard InChI is InChI=1S/C28H28N2O5/c1-3-4-12-34-35-25(32)15-22-17(2)14-23-20(6-5-19(16-31)30-23)27(22)21-7-8-24-26-18(10-13-33-24)9-11-29-28(21)26/h5-9,11,14,31H,3-4,10,12-13,15-16H2,1-2H3. The molecule has 0 aliphatic carbocycles. The Labute approximate surface area is 203 Å². The van der Waals surface area contributed by atoms with E-state index in [1.165, 1.54) is 5.56 Å². The fourth-order valence-electron chi connectivity index (χ4n) is 4.70. The summed E-state index contributed by atoms with van der Waals surface area (Å²) in [6, 6.07) is 11.7. The molecule has 0 radical (unpaired) electrons. The van der Waals surface area contributed by atoms with Crippen molar-refractivity contribution < 1.29 is 24.4 Å². The maximum Gasteiger partial charge on any atom is 0.346 e. The van der Waals surface area contributed by atoms with Gasteiger partial charge in [0.25, 0.3) is 0 Å². The Hall–Kier alpha value is -3.55. The van der Waals surface area contributed by atoms with Crippen LogP contribution in [-0.2, 0) is 34.0 Å². The monoisotopic (exact) mass is 472 g/mol. The summed E-state index contributed by atoms with van der Waals surface area (Å²) in [4.78, 5) is 32.3. The lowest BCUT2D eigenvalue weighted by Gasteiger charge is -2.21. The number of hydrogen-bond acceptors (Lipinski definition) is 7. The number of aliphatic hydroxyl groups excluding tert-OH is 1. The van der Waals surface area contributed by atoms with Gasteiger partial charge in [-0.3, -0.25) is 14.9 Å². The van der Waals surface area contributed by atoms with E-state index in [-0.39, 0.29) is 13.0 Å². The third-order valence-corrected chi connectivity index (χ3v) is 6.44. The summed E-state index contributed by atoms with van der Waals surface area (Å²) in [5.74, 6) is 0.366. The van der Waals surface area contributed by atoms with Crippen LogP contribution in [0.25, 0.3) is 32.9 Å². The van der Waals surface area contributed by atoms with Gasteiger partial charge >= 0.3 is 5.97 Å². The summed E-state index contributed by atoms with van der Waals surface area (Å²) < 4.78 is 5.92. The van der Waals surface area contributed by atoms with Gasteiger partial charge in [-0.1, -0.05) is 19.4 Å². The quantitative estimate of drug-likeness (QED) is 0.219. The van der Waals surface area contributed by atoms with E-state index < -0.39 is 5.97 Å². The molecule has 1 N–H and O–H groups in total. The predicted octanol–water partition coefficient (Wildman–Crippen LogP) is 5.00. The average molecular weight is 473 g/mol. The van der Waals surface area contributed by atoms with Gasteiger partial charge in [-0.25, -0.2) is 4.79 Å². The minimum absolute atomic E-state index is 0.0461. The fourth-order valence-corrected chi connectivity index (χ4v) is 4.70. The molecule has 3 heterocycles. The van der Waals surface area contributed by atoms with Gasteiger partial charge in [0.2, 0.25) is 0 Å². The number of aryl methyl sites for hydroxylation is 1. The zero-order valence-corrected chi connectivity index (χ0v) is 20.0. The molecular weight excluding hydrogens is 444 g/mol. The topological polar surface area (TPSA) is 90.8 Å². The van der Waals surface area contributed by atoms with Crippen molar-refractivity contribution >= 4 is 27.8 Å². The molecule has 2 aromatic carbocycles. The van der Waals surface area contributed by atoms with Crippen molar-refractivity contribution in [1.82, 2.24) is 9.97 Å². The molecular formula is C28H28N2O5. The Morgan fingerprint density at radius 3 is 2.91 bits per heavy atom. The lowest BCUT2D eigenvalue weighted by Crippen LogP contribution is -2.12. The second kappa shape index (κ2) is 9.98. The molecule has 0 bridgehead atoms. The molecule has 0 spiro atoms. The zero-order valence-electron chi connectivity index (χ0n) is 20.0. The number of nitrogens with zero attached hydrogens (tertiary/aromatic N) is 2. The van der Waals surface area contributed by atoms with Gasteiger partial charge in [-0.2, -0.15) is 4.89 Å². The zero-order chi connectivity index (χ0) is 24.4. The van der Waals surface area contributed by atoms with Crippen LogP contribution in [0, 0.1) is 6.92 Å². The smallest absolute Gasteiger partial charge is 0.346 e. The van der Waals surface area contributed by atoms with Crippen LogP contribution in [0.5, 0.6) is 5.75 Å². The molecule has 7 nitrogen and oxygen atoms in total. The van der Waals surface area contributed by atoms with Crippen LogP contribution in [-0.4, -0.2) is 34.3 Å². The first-order chi connectivity index (χ1) is 17.1. The maximum absolute atomic E-state index is 12.7. The molecule has 35 heavy (non-hydrogen) atoms. The summed E-state index contributed by atoms with van der Waals surface area (Å²) in [5, 5.41) is 11.5. The lowest BCUT2D eigenvalue weighted by molar-refractivity contribution is -0.272. The third-order valence-electron chi connectivity index (χ3n) is 6.44. The summed E-state index contributed by atoms with van der Waals surface area (Å²) in [5.41, 5.74) is 6.87. The maximum atomic E-state index is 12.7. The molecule has 0 unspecified atom stereocenters. The average Bonchev–Trinajstić information content (AvgIpc) is 2.88. The Morgan fingerprint density at radius 2 is 2.09 bits per heavy atom. The van der Waals surface area contributed by atoms with Crippen LogP contribution in [0.15, 0.2) is 42.6 Å². The number of benzene rings is 2. The number of hydrogen-bond donors (Lipinski definition) is 1.